The van der Waals surface area contributed by atoms with Crippen LogP contribution in [0.3, 0.4) is 0 Å². The maximum Gasteiger partial charge on any atom is 0.433 e. The molecule has 1 amide bonds. The van der Waals surface area contributed by atoms with Crippen LogP contribution in [0.2, 0.25) is 5.02 Å². The Morgan fingerprint density at radius 1 is 1.20 bits per heavy atom. The molecule has 224 valence electrons. The number of nitrogens with zero attached hydrogens (tertiary/aromatic N) is 3. The van der Waals surface area contributed by atoms with E-state index in [0.29, 0.717) is 25.0 Å². The van der Waals surface area contributed by atoms with Crippen LogP contribution in [0.4, 0.5) is 17.6 Å². The van der Waals surface area contributed by atoms with E-state index < -0.39 is 70.1 Å². The summed E-state index contributed by atoms with van der Waals surface area (Å²) in [6.07, 6.45) is -2.45. The number of halogens is 5. The van der Waals surface area contributed by atoms with Crippen molar-refractivity contribution in [2.45, 2.75) is 77.1 Å². The maximum absolute atomic E-state index is 14.7. The Bertz CT molecular complexity index is 1320. The molecule has 41 heavy (non-hydrogen) atoms. The minimum atomic E-state index is -4.98. The largest absolute Gasteiger partial charge is 0.481 e. The predicted molar refractivity (Wildman–Crippen MR) is 140 cm³/mol. The normalized spacial score (nSPS) is 24.8. The van der Waals surface area contributed by atoms with E-state index in [4.69, 9.17) is 16.3 Å². The van der Waals surface area contributed by atoms with Gasteiger partial charge in [0, 0.05) is 6.61 Å². The number of carboxylic acids is 1. The molecule has 8 nitrogen and oxygen atoms in total. The first-order valence-corrected chi connectivity index (χ1v) is 13.7. The number of amides is 1. The number of rotatable bonds is 8. The highest BCUT2D eigenvalue weighted by molar-refractivity contribution is 6.34. The Kier molecular flexibility index (Phi) is 8.57. The lowest BCUT2D eigenvalue weighted by molar-refractivity contribution is -0.152. The van der Waals surface area contributed by atoms with Gasteiger partial charge in [0.15, 0.2) is 11.5 Å². The number of benzene rings is 1. The Balaban J connectivity index is 1.69. The van der Waals surface area contributed by atoms with E-state index in [1.165, 1.54) is 6.07 Å². The monoisotopic (exact) mass is 601 g/mol. The lowest BCUT2D eigenvalue weighted by atomic mass is 9.74. The van der Waals surface area contributed by atoms with Crippen LogP contribution in [0.1, 0.15) is 90.4 Å². The van der Waals surface area contributed by atoms with Gasteiger partial charge in [0.2, 0.25) is 0 Å². The molecule has 1 saturated heterocycles. The van der Waals surface area contributed by atoms with E-state index in [0.717, 1.165) is 21.8 Å². The van der Waals surface area contributed by atoms with Crippen LogP contribution in [0.5, 0.6) is 0 Å². The second-order valence-corrected chi connectivity index (χ2v) is 11.9. The van der Waals surface area contributed by atoms with Crippen LogP contribution in [0.15, 0.2) is 18.3 Å². The van der Waals surface area contributed by atoms with E-state index in [1.807, 2.05) is 0 Å². The molecule has 2 aliphatic rings. The van der Waals surface area contributed by atoms with Gasteiger partial charge in [-0.2, -0.15) is 18.3 Å². The average Bonchev–Trinajstić information content (AvgIpc) is 3.50. The van der Waals surface area contributed by atoms with E-state index in [1.54, 1.807) is 20.8 Å². The van der Waals surface area contributed by atoms with Gasteiger partial charge in [-0.1, -0.05) is 11.6 Å². The molecule has 1 aromatic heterocycles. The summed E-state index contributed by atoms with van der Waals surface area (Å²) in [5, 5.41) is 13.3. The van der Waals surface area contributed by atoms with Gasteiger partial charge >= 0.3 is 12.1 Å². The molecule has 1 atom stereocenters. The third-order valence-electron chi connectivity index (χ3n) is 8.13. The summed E-state index contributed by atoms with van der Waals surface area (Å²) in [7, 11) is 0. The van der Waals surface area contributed by atoms with E-state index >= 15 is 0 Å². The second-order valence-electron chi connectivity index (χ2n) is 11.5. The van der Waals surface area contributed by atoms with Crippen molar-refractivity contribution in [3.05, 3.63) is 51.6 Å². The lowest BCUT2D eigenvalue weighted by Crippen LogP contribution is -2.46. The minimum absolute atomic E-state index is 0.125. The summed E-state index contributed by atoms with van der Waals surface area (Å²) in [5.74, 6) is -3.89. The van der Waals surface area contributed by atoms with Gasteiger partial charge in [-0.25, -0.2) is 4.39 Å². The van der Waals surface area contributed by atoms with Gasteiger partial charge in [-0.15, -0.1) is 0 Å². The summed E-state index contributed by atoms with van der Waals surface area (Å²) >= 11 is 6.13. The van der Waals surface area contributed by atoms with Crippen molar-refractivity contribution in [2.75, 3.05) is 19.7 Å². The van der Waals surface area contributed by atoms with E-state index in [9.17, 15) is 37.1 Å². The number of aryl methyl sites for hydroxylation is 1. The molecule has 1 N–H and O–H groups in total. The molecule has 4 rings (SSSR count). The standard InChI is InChI=1S/C28H32ClF4N3O5/c1-16-11-19(29)22(20(30)12-16)21(37)14-35(15-27(3)7-4-10-41-27)24(38)18-13-34-36(23(18)28(31,32)33)17-5-8-26(2,9-6-17)25(39)40/h11-13,17H,4-10,14-15H2,1-3H3,(H,39,40)/t17?,26?,27-/m1/s1. The Labute approximate surface area is 239 Å². The van der Waals surface area contributed by atoms with Crippen molar-refractivity contribution in [3.8, 4) is 0 Å². The topological polar surface area (TPSA) is 102 Å². The molecule has 0 radical (unpaired) electrons. The zero-order valence-electron chi connectivity index (χ0n) is 23.0. The summed E-state index contributed by atoms with van der Waals surface area (Å²) in [6.45, 7) is 4.26. The summed E-state index contributed by atoms with van der Waals surface area (Å²) in [5.41, 5.74) is -4.00. The zero-order chi connectivity index (χ0) is 30.3. The number of alkyl halides is 3. The summed E-state index contributed by atoms with van der Waals surface area (Å²) < 4.78 is 64.6. The molecule has 2 fully saturated rings. The van der Waals surface area contributed by atoms with E-state index in [2.05, 4.69) is 5.10 Å². The van der Waals surface area contributed by atoms with Crippen LogP contribution < -0.4 is 0 Å². The second kappa shape index (κ2) is 11.4. The van der Waals surface area contributed by atoms with E-state index in [-0.39, 0.29) is 37.3 Å². The van der Waals surface area contributed by atoms with Gasteiger partial charge in [-0.05, 0) is 77.0 Å². The molecule has 0 unspecified atom stereocenters. The third-order valence-corrected chi connectivity index (χ3v) is 8.43. The number of aromatic nitrogens is 2. The predicted octanol–water partition coefficient (Wildman–Crippen LogP) is 6.10. The molecule has 0 spiro atoms. The number of carboxylic acid groups (broad SMARTS) is 1. The molecule has 1 aromatic carbocycles. The molecule has 13 heteroatoms. The highest BCUT2D eigenvalue weighted by Crippen LogP contribution is 2.43. The van der Waals surface area contributed by atoms with Crippen LogP contribution in [-0.4, -0.2) is 62.7 Å². The number of hydrogen-bond acceptors (Lipinski definition) is 5. The van der Waals surface area contributed by atoms with Gasteiger partial charge in [0.05, 0.1) is 52.5 Å². The van der Waals surface area contributed by atoms with Gasteiger partial charge in [0.25, 0.3) is 5.91 Å². The number of carbonyl (C=O) groups excluding carboxylic acids is 2. The fourth-order valence-corrected chi connectivity index (χ4v) is 6.10. The quantitative estimate of drug-likeness (QED) is 0.290. The number of ketones is 1. The lowest BCUT2D eigenvalue weighted by Gasteiger charge is -2.35. The van der Waals surface area contributed by atoms with Gasteiger partial charge in [-0.3, -0.25) is 19.1 Å². The van der Waals surface area contributed by atoms with Crippen LogP contribution in [0.25, 0.3) is 0 Å². The molecular formula is C28H32ClF4N3O5. The first-order valence-electron chi connectivity index (χ1n) is 13.3. The minimum Gasteiger partial charge on any atom is -0.481 e. The highest BCUT2D eigenvalue weighted by atomic mass is 35.5. The SMILES string of the molecule is Cc1cc(F)c(C(=O)CN(C[C@@]2(C)CCCO2)C(=O)c2cnn(C3CCC(C)(C(=O)O)CC3)c2C(F)(F)F)c(Cl)c1. The Morgan fingerprint density at radius 3 is 2.39 bits per heavy atom. The molecular weight excluding hydrogens is 570 g/mol. The van der Waals surface area contributed by atoms with Crippen molar-refractivity contribution in [1.29, 1.82) is 0 Å². The molecule has 0 bridgehead atoms. The van der Waals surface area contributed by atoms with Gasteiger partial charge in [0.1, 0.15) is 5.82 Å². The number of hydrogen-bond donors (Lipinski definition) is 1. The van der Waals surface area contributed by atoms with Crippen molar-refractivity contribution >= 4 is 29.3 Å². The first-order chi connectivity index (χ1) is 19.0. The molecule has 2 aromatic rings. The van der Waals surface area contributed by atoms with Crippen molar-refractivity contribution in [2.24, 2.45) is 5.41 Å². The fourth-order valence-electron chi connectivity index (χ4n) is 5.73. The van der Waals surface area contributed by atoms with Crippen molar-refractivity contribution in [1.82, 2.24) is 14.7 Å². The van der Waals surface area contributed by atoms with Gasteiger partial charge < -0.3 is 14.7 Å². The molecule has 1 aliphatic carbocycles. The number of Topliss-reactive ketones (excluding diaryl/α,β-unsaturated/α-hetero) is 1. The van der Waals surface area contributed by atoms with Crippen molar-refractivity contribution < 1.29 is 41.8 Å². The number of carbonyl (C=O) groups is 3. The average molecular weight is 602 g/mol. The fraction of sp³-hybridized carbons (Fsp3) is 0.571. The van der Waals surface area contributed by atoms with Crippen LogP contribution in [0, 0.1) is 18.2 Å². The Hall–Kier alpha value is -2.99. The van der Waals surface area contributed by atoms with Crippen LogP contribution in [-0.2, 0) is 15.7 Å². The molecule has 1 saturated carbocycles. The maximum atomic E-state index is 14.7. The first kappa shape index (κ1) is 31.0. The zero-order valence-corrected chi connectivity index (χ0v) is 23.7. The molecule has 2 heterocycles. The molecule has 1 aliphatic heterocycles. The number of ether oxygens (including phenoxy) is 1. The number of aliphatic carboxylic acids is 1. The summed E-state index contributed by atoms with van der Waals surface area (Å²) in [6, 6.07) is 1.72. The van der Waals surface area contributed by atoms with Crippen LogP contribution >= 0.6 is 11.6 Å². The smallest absolute Gasteiger partial charge is 0.433 e. The summed E-state index contributed by atoms with van der Waals surface area (Å²) in [4.78, 5) is 39.5. The third kappa shape index (κ3) is 6.43. The Morgan fingerprint density at radius 2 is 1.85 bits per heavy atom. The van der Waals surface area contributed by atoms with Crippen molar-refractivity contribution in [3.63, 3.8) is 0 Å². The highest BCUT2D eigenvalue weighted by Gasteiger charge is 2.46.